The first kappa shape index (κ1) is 15.7. The highest BCUT2D eigenvalue weighted by atomic mass is 32.2. The molecule has 1 aliphatic heterocycles. The maximum atomic E-state index is 12.5. The van der Waals surface area contributed by atoms with Gasteiger partial charge in [0.25, 0.3) is 5.91 Å². The number of pyridine rings is 1. The van der Waals surface area contributed by atoms with Gasteiger partial charge in [-0.2, -0.15) is 0 Å². The van der Waals surface area contributed by atoms with E-state index in [-0.39, 0.29) is 23.5 Å². The Morgan fingerprint density at radius 3 is 2.78 bits per heavy atom. The molecule has 0 aliphatic carbocycles. The van der Waals surface area contributed by atoms with E-state index < -0.39 is 9.84 Å². The van der Waals surface area contributed by atoms with Crippen LogP contribution in [-0.4, -0.2) is 44.0 Å². The van der Waals surface area contributed by atoms with Gasteiger partial charge in [-0.3, -0.25) is 9.78 Å². The summed E-state index contributed by atoms with van der Waals surface area (Å²) >= 11 is 0. The van der Waals surface area contributed by atoms with Crippen LogP contribution < -0.4 is 10.1 Å². The third-order valence-electron chi connectivity index (χ3n) is 4.02. The number of methoxy groups -OCH3 is 1. The summed E-state index contributed by atoms with van der Waals surface area (Å²) in [5.41, 5.74) is 1.85. The molecule has 1 aromatic heterocycles. The fourth-order valence-electron chi connectivity index (χ4n) is 2.78. The maximum Gasteiger partial charge on any atom is 0.253 e. The zero-order valence-electron chi connectivity index (χ0n) is 13.0. The third kappa shape index (κ3) is 3.29. The van der Waals surface area contributed by atoms with Crippen molar-refractivity contribution in [3.05, 3.63) is 35.5 Å². The molecule has 1 fully saturated rings. The van der Waals surface area contributed by atoms with Crippen LogP contribution in [0.2, 0.25) is 0 Å². The number of benzene rings is 1. The number of hydrogen-bond acceptors (Lipinski definition) is 5. The van der Waals surface area contributed by atoms with E-state index in [0.717, 1.165) is 10.9 Å². The van der Waals surface area contributed by atoms with Crippen molar-refractivity contribution in [1.29, 1.82) is 0 Å². The molecular formula is C16H18N2O4S. The van der Waals surface area contributed by atoms with Crippen LogP contribution >= 0.6 is 0 Å². The normalized spacial score (nSPS) is 19.7. The van der Waals surface area contributed by atoms with Crippen molar-refractivity contribution in [2.24, 2.45) is 0 Å². The second-order valence-corrected chi connectivity index (χ2v) is 7.98. The maximum absolute atomic E-state index is 12.5. The summed E-state index contributed by atoms with van der Waals surface area (Å²) in [5, 5.41) is 3.60. The molecule has 0 bridgehead atoms. The van der Waals surface area contributed by atoms with E-state index in [0.29, 0.717) is 23.4 Å². The van der Waals surface area contributed by atoms with Crippen LogP contribution in [0, 0.1) is 6.92 Å². The van der Waals surface area contributed by atoms with Crippen LogP contribution in [0.3, 0.4) is 0 Å². The second-order valence-electron chi connectivity index (χ2n) is 5.75. The standard InChI is InChI=1S/C16H18N2O4S/c1-10-14(16(19)18-12-5-6-23(20,21)9-12)8-11-7-13(22-2)3-4-15(11)17-10/h3-4,7-8,12H,5-6,9H2,1-2H3,(H,18,19). The lowest BCUT2D eigenvalue weighted by atomic mass is 10.1. The minimum absolute atomic E-state index is 0.00657. The van der Waals surface area contributed by atoms with E-state index in [1.54, 1.807) is 20.1 Å². The van der Waals surface area contributed by atoms with Crippen molar-refractivity contribution in [1.82, 2.24) is 10.3 Å². The van der Waals surface area contributed by atoms with Crippen LogP contribution in [0.15, 0.2) is 24.3 Å². The number of nitrogens with one attached hydrogen (secondary N) is 1. The number of carbonyl (C=O) groups excluding carboxylic acids is 1. The van der Waals surface area contributed by atoms with E-state index >= 15 is 0 Å². The molecule has 1 amide bonds. The highest BCUT2D eigenvalue weighted by Gasteiger charge is 2.29. The van der Waals surface area contributed by atoms with Crippen LogP contribution in [0.4, 0.5) is 0 Å². The molecule has 23 heavy (non-hydrogen) atoms. The molecule has 1 saturated heterocycles. The number of fused-ring (bicyclic) bond motifs is 1. The summed E-state index contributed by atoms with van der Waals surface area (Å²) in [6.07, 6.45) is 0.460. The van der Waals surface area contributed by atoms with Gasteiger partial charge in [0.1, 0.15) is 5.75 Å². The largest absolute Gasteiger partial charge is 0.497 e. The molecule has 1 N–H and O–H groups in total. The summed E-state index contributed by atoms with van der Waals surface area (Å²) in [6.45, 7) is 1.77. The Bertz CT molecular complexity index is 877. The number of hydrogen-bond donors (Lipinski definition) is 1. The highest BCUT2D eigenvalue weighted by Crippen LogP contribution is 2.22. The molecule has 2 heterocycles. The SMILES string of the molecule is COc1ccc2nc(C)c(C(=O)NC3CCS(=O)(=O)C3)cc2c1. The fraction of sp³-hybridized carbons (Fsp3) is 0.375. The van der Waals surface area contributed by atoms with E-state index in [1.165, 1.54) is 0 Å². The van der Waals surface area contributed by atoms with Crippen LogP contribution in [-0.2, 0) is 9.84 Å². The van der Waals surface area contributed by atoms with Crippen molar-refractivity contribution in [3.63, 3.8) is 0 Å². The number of sulfone groups is 1. The van der Waals surface area contributed by atoms with Gasteiger partial charge >= 0.3 is 0 Å². The lowest BCUT2D eigenvalue weighted by Crippen LogP contribution is -2.36. The predicted molar refractivity (Wildman–Crippen MR) is 87.6 cm³/mol. The quantitative estimate of drug-likeness (QED) is 0.919. The van der Waals surface area contributed by atoms with Gasteiger partial charge in [0.2, 0.25) is 0 Å². The minimum atomic E-state index is -3.02. The monoisotopic (exact) mass is 334 g/mol. The smallest absolute Gasteiger partial charge is 0.253 e. The molecule has 6 nitrogen and oxygen atoms in total. The molecule has 1 unspecified atom stereocenters. The lowest BCUT2D eigenvalue weighted by Gasteiger charge is -2.13. The number of carbonyl (C=O) groups is 1. The molecule has 1 aliphatic rings. The van der Waals surface area contributed by atoms with Gasteiger partial charge in [-0.15, -0.1) is 0 Å². The Morgan fingerprint density at radius 1 is 1.35 bits per heavy atom. The topological polar surface area (TPSA) is 85.4 Å². The van der Waals surface area contributed by atoms with Gasteiger partial charge in [-0.05, 0) is 37.6 Å². The van der Waals surface area contributed by atoms with Crippen molar-refractivity contribution in [2.75, 3.05) is 18.6 Å². The number of nitrogens with zero attached hydrogens (tertiary/aromatic N) is 1. The fourth-order valence-corrected chi connectivity index (χ4v) is 4.45. The Labute approximate surface area is 134 Å². The van der Waals surface area contributed by atoms with Crippen molar-refractivity contribution in [3.8, 4) is 5.75 Å². The first-order valence-corrected chi connectivity index (χ1v) is 9.17. The van der Waals surface area contributed by atoms with E-state index in [1.807, 2.05) is 18.2 Å². The summed E-state index contributed by atoms with van der Waals surface area (Å²) in [4.78, 5) is 16.9. The Kier molecular flexibility index (Phi) is 3.97. The summed E-state index contributed by atoms with van der Waals surface area (Å²) < 4.78 is 28.2. The molecule has 0 saturated carbocycles. The van der Waals surface area contributed by atoms with Gasteiger partial charge in [0.15, 0.2) is 9.84 Å². The number of aryl methyl sites for hydroxylation is 1. The van der Waals surface area contributed by atoms with E-state index in [2.05, 4.69) is 10.3 Å². The average Bonchev–Trinajstić information content (AvgIpc) is 2.84. The Morgan fingerprint density at radius 2 is 2.13 bits per heavy atom. The van der Waals surface area contributed by atoms with E-state index in [4.69, 9.17) is 4.74 Å². The molecule has 2 aromatic rings. The first-order valence-electron chi connectivity index (χ1n) is 7.34. The van der Waals surface area contributed by atoms with Crippen LogP contribution in [0.5, 0.6) is 5.75 Å². The highest BCUT2D eigenvalue weighted by molar-refractivity contribution is 7.91. The summed E-state index contributed by atoms with van der Waals surface area (Å²) in [5.74, 6) is 0.537. The number of amides is 1. The third-order valence-corrected chi connectivity index (χ3v) is 5.79. The lowest BCUT2D eigenvalue weighted by molar-refractivity contribution is 0.0940. The molecule has 122 valence electrons. The van der Waals surface area contributed by atoms with Gasteiger partial charge in [-0.25, -0.2) is 8.42 Å². The zero-order chi connectivity index (χ0) is 16.6. The summed E-state index contributed by atoms with van der Waals surface area (Å²) in [6, 6.07) is 6.91. The second kappa shape index (κ2) is 5.81. The average molecular weight is 334 g/mol. The molecule has 1 atom stereocenters. The van der Waals surface area contributed by atoms with Crippen molar-refractivity contribution < 1.29 is 17.9 Å². The summed E-state index contributed by atoms with van der Waals surface area (Å²) in [7, 11) is -1.44. The Balaban J connectivity index is 1.89. The molecule has 1 aromatic carbocycles. The van der Waals surface area contributed by atoms with Gasteiger partial charge in [0, 0.05) is 11.4 Å². The van der Waals surface area contributed by atoms with Crippen molar-refractivity contribution >= 4 is 26.6 Å². The molecular weight excluding hydrogens is 316 g/mol. The van der Waals surface area contributed by atoms with E-state index in [9.17, 15) is 13.2 Å². The van der Waals surface area contributed by atoms with Gasteiger partial charge in [-0.1, -0.05) is 0 Å². The number of ether oxygens (including phenoxy) is 1. The molecule has 7 heteroatoms. The Hall–Kier alpha value is -2.15. The molecule has 0 radical (unpaired) electrons. The minimum Gasteiger partial charge on any atom is -0.497 e. The number of aromatic nitrogens is 1. The number of rotatable bonds is 3. The predicted octanol–water partition coefficient (Wildman–Crippen LogP) is 1.47. The molecule has 3 rings (SSSR count). The first-order chi connectivity index (χ1) is 10.9. The van der Waals surface area contributed by atoms with Gasteiger partial charge in [0.05, 0.1) is 35.4 Å². The van der Waals surface area contributed by atoms with Crippen LogP contribution in [0.1, 0.15) is 22.5 Å². The zero-order valence-corrected chi connectivity index (χ0v) is 13.8. The van der Waals surface area contributed by atoms with Gasteiger partial charge < -0.3 is 10.1 Å². The molecule has 0 spiro atoms. The van der Waals surface area contributed by atoms with Crippen molar-refractivity contribution in [2.45, 2.75) is 19.4 Å². The van der Waals surface area contributed by atoms with Crippen LogP contribution in [0.25, 0.3) is 10.9 Å².